The summed E-state index contributed by atoms with van der Waals surface area (Å²) in [4.78, 5) is 13.5. The van der Waals surface area contributed by atoms with Crippen molar-refractivity contribution in [2.75, 3.05) is 5.32 Å². The van der Waals surface area contributed by atoms with Gasteiger partial charge in [0.15, 0.2) is 0 Å². The Morgan fingerprint density at radius 1 is 1.36 bits per heavy atom. The minimum atomic E-state index is -0.246. The Morgan fingerprint density at radius 2 is 2.09 bits per heavy atom. The van der Waals surface area contributed by atoms with Gasteiger partial charge in [-0.2, -0.15) is 5.26 Å². The highest BCUT2D eigenvalue weighted by atomic mass is 32.1. The first kappa shape index (κ1) is 15.5. The van der Waals surface area contributed by atoms with Crippen LogP contribution in [0.2, 0.25) is 0 Å². The van der Waals surface area contributed by atoms with E-state index in [4.69, 9.17) is 4.74 Å². The van der Waals surface area contributed by atoms with Gasteiger partial charge in [0.05, 0.1) is 17.8 Å². The largest absolute Gasteiger partial charge is 0.370 e. The maximum absolute atomic E-state index is 12.4. The molecule has 1 N–H and O–H groups in total. The number of hydrogen-bond acceptors (Lipinski definition) is 4. The van der Waals surface area contributed by atoms with Gasteiger partial charge in [0, 0.05) is 17.2 Å². The molecular weight excluding hydrogens is 296 g/mol. The molecule has 1 aromatic rings. The quantitative estimate of drug-likeness (QED) is 0.897. The number of carbonyl (C=O) groups is 1. The number of nitriles is 1. The maximum atomic E-state index is 12.4. The Bertz CT molecular complexity index is 621. The van der Waals surface area contributed by atoms with Gasteiger partial charge in [-0.25, -0.2) is 0 Å². The second-order valence-electron chi connectivity index (χ2n) is 6.87. The molecule has 0 atom stereocenters. The van der Waals surface area contributed by atoms with Crippen molar-refractivity contribution in [2.45, 2.75) is 64.6 Å². The van der Waals surface area contributed by atoms with Crippen molar-refractivity contribution < 1.29 is 9.53 Å². The molecule has 22 heavy (non-hydrogen) atoms. The SMILES string of the molecule is CC1(C)Cc2c(sc(NC(=O)C3CCCCC3)c2C#N)CO1. The maximum Gasteiger partial charge on any atom is 0.228 e. The van der Waals surface area contributed by atoms with Crippen LogP contribution in [0.3, 0.4) is 0 Å². The fourth-order valence-corrected chi connectivity index (χ4v) is 4.42. The Morgan fingerprint density at radius 3 is 2.77 bits per heavy atom. The highest BCUT2D eigenvalue weighted by molar-refractivity contribution is 7.16. The van der Waals surface area contributed by atoms with Gasteiger partial charge in [0.2, 0.25) is 5.91 Å². The van der Waals surface area contributed by atoms with Crippen LogP contribution in [0.1, 0.15) is 62.0 Å². The van der Waals surface area contributed by atoms with Crippen molar-refractivity contribution in [3.63, 3.8) is 0 Å². The Kier molecular flexibility index (Phi) is 4.24. The van der Waals surface area contributed by atoms with Crippen LogP contribution >= 0.6 is 11.3 Å². The first-order chi connectivity index (χ1) is 10.5. The zero-order chi connectivity index (χ0) is 15.7. The number of ether oxygens (including phenoxy) is 1. The normalized spacial score (nSPS) is 21.0. The number of rotatable bonds is 2. The summed E-state index contributed by atoms with van der Waals surface area (Å²) in [5.74, 6) is 0.182. The van der Waals surface area contributed by atoms with Crippen molar-refractivity contribution in [2.24, 2.45) is 5.92 Å². The van der Waals surface area contributed by atoms with E-state index in [0.717, 1.165) is 42.5 Å². The number of amides is 1. The number of nitrogens with one attached hydrogen (secondary N) is 1. The number of carbonyl (C=O) groups excluding carboxylic acids is 1. The summed E-state index contributed by atoms with van der Waals surface area (Å²) in [5.41, 5.74) is 1.45. The molecule has 0 bridgehead atoms. The molecule has 4 nitrogen and oxygen atoms in total. The zero-order valence-electron chi connectivity index (χ0n) is 13.2. The fourth-order valence-electron chi connectivity index (χ4n) is 3.34. The van der Waals surface area contributed by atoms with Crippen LogP contribution in [0.5, 0.6) is 0 Å². The van der Waals surface area contributed by atoms with Crippen LogP contribution in [-0.4, -0.2) is 11.5 Å². The molecule has 0 saturated heterocycles. The summed E-state index contributed by atoms with van der Waals surface area (Å²) in [6, 6.07) is 2.29. The average Bonchev–Trinajstić information content (AvgIpc) is 2.83. The number of anilines is 1. The van der Waals surface area contributed by atoms with E-state index >= 15 is 0 Å². The van der Waals surface area contributed by atoms with Crippen molar-refractivity contribution in [3.05, 3.63) is 16.0 Å². The van der Waals surface area contributed by atoms with Gasteiger partial charge in [-0.05, 0) is 32.3 Å². The lowest BCUT2D eigenvalue weighted by molar-refractivity contribution is -0.120. The van der Waals surface area contributed by atoms with E-state index in [1.54, 1.807) is 0 Å². The summed E-state index contributed by atoms with van der Waals surface area (Å²) in [5, 5.41) is 13.3. The molecule has 118 valence electrons. The molecule has 1 aliphatic heterocycles. The fraction of sp³-hybridized carbons (Fsp3) is 0.647. The summed E-state index contributed by atoms with van der Waals surface area (Å²) in [6.07, 6.45) is 6.15. The lowest BCUT2D eigenvalue weighted by Gasteiger charge is -2.29. The topological polar surface area (TPSA) is 62.1 Å². The van der Waals surface area contributed by atoms with E-state index < -0.39 is 0 Å². The molecule has 2 heterocycles. The minimum absolute atomic E-state index is 0.0787. The minimum Gasteiger partial charge on any atom is -0.370 e. The van der Waals surface area contributed by atoms with Gasteiger partial charge in [0.25, 0.3) is 0 Å². The Labute approximate surface area is 135 Å². The molecule has 0 unspecified atom stereocenters. The Hall–Kier alpha value is -1.38. The third kappa shape index (κ3) is 3.04. The first-order valence-corrected chi connectivity index (χ1v) is 8.81. The summed E-state index contributed by atoms with van der Waals surface area (Å²) < 4.78 is 5.81. The van der Waals surface area contributed by atoms with E-state index in [-0.39, 0.29) is 17.4 Å². The molecule has 1 aromatic heterocycles. The number of hydrogen-bond donors (Lipinski definition) is 1. The van der Waals surface area contributed by atoms with E-state index in [2.05, 4.69) is 11.4 Å². The van der Waals surface area contributed by atoms with Crippen LogP contribution in [0.15, 0.2) is 0 Å². The highest BCUT2D eigenvalue weighted by Crippen LogP contribution is 2.40. The van der Waals surface area contributed by atoms with Crippen LogP contribution in [0, 0.1) is 17.2 Å². The lowest BCUT2D eigenvalue weighted by Crippen LogP contribution is -2.31. The van der Waals surface area contributed by atoms with Crippen LogP contribution < -0.4 is 5.32 Å². The van der Waals surface area contributed by atoms with Crippen molar-refractivity contribution >= 4 is 22.2 Å². The Balaban J connectivity index is 1.81. The molecule has 0 aromatic carbocycles. The molecular formula is C17H22N2O2S. The van der Waals surface area contributed by atoms with E-state index in [1.807, 2.05) is 13.8 Å². The van der Waals surface area contributed by atoms with Gasteiger partial charge in [-0.1, -0.05) is 19.3 Å². The third-order valence-corrected chi connectivity index (χ3v) is 5.73. The second kappa shape index (κ2) is 6.02. The van der Waals surface area contributed by atoms with E-state index in [9.17, 15) is 10.1 Å². The summed E-state index contributed by atoms with van der Waals surface area (Å²) in [7, 11) is 0. The predicted molar refractivity (Wildman–Crippen MR) is 86.8 cm³/mol. The standard InChI is InChI=1S/C17H22N2O2S/c1-17(2)8-12-13(9-18)16(22-14(12)10-21-17)19-15(20)11-6-4-3-5-7-11/h11H,3-8,10H2,1-2H3,(H,19,20). The predicted octanol–water partition coefficient (Wildman–Crippen LogP) is 3.99. The lowest BCUT2D eigenvalue weighted by atomic mass is 9.88. The molecule has 0 spiro atoms. The molecule has 1 aliphatic carbocycles. The summed E-state index contributed by atoms with van der Waals surface area (Å²) >= 11 is 1.50. The van der Waals surface area contributed by atoms with Crippen molar-refractivity contribution in [1.29, 1.82) is 5.26 Å². The number of nitrogens with zero attached hydrogens (tertiary/aromatic N) is 1. The monoisotopic (exact) mass is 318 g/mol. The molecule has 2 aliphatic rings. The number of fused-ring (bicyclic) bond motifs is 1. The van der Waals surface area contributed by atoms with Gasteiger partial charge >= 0.3 is 0 Å². The highest BCUT2D eigenvalue weighted by Gasteiger charge is 2.32. The molecule has 1 saturated carbocycles. The summed E-state index contributed by atoms with van der Waals surface area (Å²) in [6.45, 7) is 4.60. The molecule has 1 amide bonds. The van der Waals surface area contributed by atoms with E-state index in [0.29, 0.717) is 17.2 Å². The van der Waals surface area contributed by atoms with Crippen LogP contribution in [0.25, 0.3) is 0 Å². The van der Waals surface area contributed by atoms with Crippen molar-refractivity contribution in [3.8, 4) is 6.07 Å². The van der Waals surface area contributed by atoms with Crippen molar-refractivity contribution in [1.82, 2.24) is 0 Å². The third-order valence-electron chi connectivity index (χ3n) is 4.61. The molecule has 1 fully saturated rings. The molecule has 3 rings (SSSR count). The van der Waals surface area contributed by atoms with Crippen LogP contribution in [-0.2, 0) is 22.6 Å². The zero-order valence-corrected chi connectivity index (χ0v) is 14.0. The van der Waals surface area contributed by atoms with Gasteiger partial charge in [-0.15, -0.1) is 11.3 Å². The molecule has 0 radical (unpaired) electrons. The smallest absolute Gasteiger partial charge is 0.228 e. The van der Waals surface area contributed by atoms with Gasteiger partial charge in [0.1, 0.15) is 11.1 Å². The van der Waals surface area contributed by atoms with Crippen LogP contribution in [0.4, 0.5) is 5.00 Å². The van der Waals surface area contributed by atoms with Gasteiger partial charge < -0.3 is 10.1 Å². The second-order valence-corrected chi connectivity index (χ2v) is 7.97. The van der Waals surface area contributed by atoms with Gasteiger partial charge in [-0.3, -0.25) is 4.79 Å². The first-order valence-electron chi connectivity index (χ1n) is 7.99. The van der Waals surface area contributed by atoms with E-state index in [1.165, 1.54) is 17.8 Å². The number of thiophene rings is 1. The average molecular weight is 318 g/mol. The molecule has 5 heteroatoms.